The van der Waals surface area contributed by atoms with E-state index in [1.807, 2.05) is 11.8 Å². The van der Waals surface area contributed by atoms with Crippen molar-refractivity contribution < 1.29 is 71.4 Å². The van der Waals surface area contributed by atoms with E-state index in [2.05, 4.69) is 5.32 Å². The normalized spacial score (nSPS) is 38.2. The largest absolute Gasteiger partial charge is 0.463 e. The van der Waals surface area contributed by atoms with Crippen molar-refractivity contribution in [2.75, 3.05) is 19.0 Å². The van der Waals surface area contributed by atoms with Gasteiger partial charge in [-0.1, -0.05) is 0 Å². The number of thioether (sulfide) groups is 1. The third-order valence-electron chi connectivity index (χ3n) is 10.7. The molecule has 2 saturated heterocycles. The molecular formula is C37H55NO15S. The first-order chi connectivity index (χ1) is 25.5. The van der Waals surface area contributed by atoms with Gasteiger partial charge in [-0.15, -0.1) is 0 Å². The predicted molar refractivity (Wildman–Crippen MR) is 188 cm³/mol. The van der Waals surface area contributed by atoms with Gasteiger partial charge in [-0.05, 0) is 75.4 Å². The maximum absolute atomic E-state index is 12.7. The highest BCUT2D eigenvalue weighted by Crippen LogP contribution is 2.60. The van der Waals surface area contributed by atoms with E-state index >= 15 is 0 Å². The summed E-state index contributed by atoms with van der Waals surface area (Å²) in [5, 5.41) is 2.80. The second kappa shape index (κ2) is 18.3. The summed E-state index contributed by atoms with van der Waals surface area (Å²) in [6.07, 6.45) is -3.03. The SMILES string of the molecule is CC(=O)N[C@H]1[C@@H](OCCCSC23CC4CC(CC(C4)C2)C3)O[C@H](COC(C)=O)[C@@H](OC(C)=O)[C@@H]1O[C@@H]1O[C@@H](C)[C@H](OC(C)=O)[C@@H](OC(C)=O)[C@H]1OC(C)=O. The molecule has 6 fully saturated rings. The summed E-state index contributed by atoms with van der Waals surface area (Å²) in [6, 6.07) is -1.15. The van der Waals surface area contributed by atoms with Gasteiger partial charge in [-0.2, -0.15) is 11.8 Å². The molecule has 0 aromatic rings. The van der Waals surface area contributed by atoms with Crippen molar-refractivity contribution in [2.45, 2.75) is 160 Å². The van der Waals surface area contributed by atoms with E-state index in [1.54, 1.807) is 6.92 Å². The van der Waals surface area contributed by atoms with Gasteiger partial charge in [0.1, 0.15) is 24.9 Å². The number of hydrogen-bond donors (Lipinski definition) is 1. The topological polar surface area (TPSA) is 198 Å². The molecule has 4 aliphatic carbocycles. The highest BCUT2D eigenvalue weighted by atomic mass is 32.2. The molecule has 0 aromatic carbocycles. The Bertz CT molecular complexity index is 1360. The molecule has 10 atom stereocenters. The van der Waals surface area contributed by atoms with Crippen LogP contribution in [0.15, 0.2) is 0 Å². The van der Waals surface area contributed by atoms with Crippen LogP contribution in [0.5, 0.6) is 0 Å². The molecule has 0 radical (unpaired) electrons. The average Bonchev–Trinajstić information content (AvgIpc) is 3.04. The minimum Gasteiger partial charge on any atom is -0.463 e. The molecule has 0 unspecified atom stereocenters. The van der Waals surface area contributed by atoms with Gasteiger partial charge in [-0.3, -0.25) is 28.8 Å². The molecular weight excluding hydrogens is 730 g/mol. The Balaban J connectivity index is 1.39. The van der Waals surface area contributed by atoms with Gasteiger partial charge in [0.25, 0.3) is 0 Å². The van der Waals surface area contributed by atoms with E-state index in [9.17, 15) is 28.8 Å². The zero-order valence-electron chi connectivity index (χ0n) is 32.1. The van der Waals surface area contributed by atoms with Crippen LogP contribution in [0.25, 0.3) is 0 Å². The van der Waals surface area contributed by atoms with Gasteiger partial charge in [0.05, 0.1) is 12.7 Å². The first-order valence-corrected chi connectivity index (χ1v) is 19.8. The zero-order chi connectivity index (χ0) is 39.3. The molecule has 4 saturated carbocycles. The van der Waals surface area contributed by atoms with Crippen molar-refractivity contribution in [3.05, 3.63) is 0 Å². The molecule has 54 heavy (non-hydrogen) atoms. The Labute approximate surface area is 320 Å². The van der Waals surface area contributed by atoms with E-state index in [0.29, 0.717) is 11.2 Å². The van der Waals surface area contributed by atoms with E-state index in [1.165, 1.54) is 59.3 Å². The van der Waals surface area contributed by atoms with Gasteiger partial charge >= 0.3 is 29.8 Å². The van der Waals surface area contributed by atoms with Crippen LogP contribution in [-0.2, 0) is 71.4 Å². The average molecular weight is 786 g/mol. The molecule has 6 aliphatic rings. The number of carbonyl (C=O) groups is 6. The fraction of sp³-hybridized carbons (Fsp3) is 0.838. The van der Waals surface area contributed by atoms with Gasteiger partial charge < -0.3 is 47.9 Å². The number of rotatable bonds is 15. The van der Waals surface area contributed by atoms with E-state index in [-0.39, 0.29) is 13.2 Å². The van der Waals surface area contributed by atoms with Crippen LogP contribution in [0, 0.1) is 17.8 Å². The highest BCUT2D eigenvalue weighted by Gasteiger charge is 2.56. The molecule has 0 aromatic heterocycles. The number of carbonyl (C=O) groups excluding carboxylic acids is 6. The van der Waals surface area contributed by atoms with Crippen molar-refractivity contribution in [3.8, 4) is 0 Å². The summed E-state index contributed by atoms with van der Waals surface area (Å²) in [7, 11) is 0. The fourth-order valence-electron chi connectivity index (χ4n) is 9.25. The molecule has 6 rings (SSSR count). The molecule has 16 nitrogen and oxygen atoms in total. The second-order valence-electron chi connectivity index (χ2n) is 15.4. The summed E-state index contributed by atoms with van der Waals surface area (Å²) in [6.45, 7) is 8.49. The van der Waals surface area contributed by atoms with Crippen LogP contribution in [-0.4, -0.2) is 121 Å². The minimum absolute atomic E-state index is 0.247. The van der Waals surface area contributed by atoms with Crippen molar-refractivity contribution in [3.63, 3.8) is 0 Å². The number of nitrogens with one attached hydrogen (secondary N) is 1. The Hall–Kier alpha value is -2.99. The number of amides is 1. The number of ether oxygens (including phenoxy) is 9. The molecule has 0 spiro atoms. The quantitative estimate of drug-likeness (QED) is 0.144. The molecule has 1 N–H and O–H groups in total. The Morgan fingerprint density at radius 2 is 1.20 bits per heavy atom. The summed E-state index contributed by atoms with van der Waals surface area (Å²) in [5.74, 6) is -0.762. The minimum atomic E-state index is -1.54. The molecule has 304 valence electrons. The lowest BCUT2D eigenvalue weighted by molar-refractivity contribution is -0.343. The Morgan fingerprint density at radius 1 is 0.667 bits per heavy atom. The van der Waals surface area contributed by atoms with Gasteiger partial charge in [0.2, 0.25) is 5.91 Å². The summed E-state index contributed by atoms with van der Waals surface area (Å²) in [4.78, 5) is 73.9. The smallest absolute Gasteiger partial charge is 0.303 e. The predicted octanol–water partition coefficient (Wildman–Crippen LogP) is 2.74. The van der Waals surface area contributed by atoms with Crippen LogP contribution in [0.3, 0.4) is 0 Å². The lowest BCUT2D eigenvalue weighted by atomic mass is 9.56. The van der Waals surface area contributed by atoms with Crippen LogP contribution in [0.4, 0.5) is 0 Å². The maximum atomic E-state index is 12.7. The number of hydrogen-bond acceptors (Lipinski definition) is 16. The lowest BCUT2D eigenvalue weighted by Crippen LogP contribution is -2.69. The standard InChI is InChI=1S/C37H55NO15S/c1-18-30(48-21(4)41)33(50-23(6)43)34(51-24(7)44)36(47-18)53-32-29(38-19(2)39)35(52-28(17-46-20(3)40)31(32)49-22(5)42)45-9-8-10-54-37-14-25-11-26(15-37)13-27(12-25)16-37/h18,25-36H,8-17H2,1-7H3,(H,38,39)/t18-,25?,26?,27?,28+,29+,30-,31+,32+,33+,34+,35-,36-,37?/m0/s1. The first kappa shape index (κ1) is 42.2. The fourth-order valence-corrected chi connectivity index (χ4v) is 11.0. The van der Waals surface area contributed by atoms with Crippen LogP contribution in [0.1, 0.15) is 93.4 Å². The third kappa shape index (κ3) is 10.9. The van der Waals surface area contributed by atoms with Crippen LogP contribution >= 0.6 is 11.8 Å². The van der Waals surface area contributed by atoms with Crippen molar-refractivity contribution in [1.29, 1.82) is 0 Å². The van der Waals surface area contributed by atoms with Crippen LogP contribution in [0.2, 0.25) is 0 Å². The van der Waals surface area contributed by atoms with Crippen molar-refractivity contribution in [1.82, 2.24) is 5.32 Å². The zero-order valence-corrected chi connectivity index (χ0v) is 32.9. The van der Waals surface area contributed by atoms with Crippen molar-refractivity contribution in [2.24, 2.45) is 17.8 Å². The second-order valence-corrected chi connectivity index (χ2v) is 16.9. The summed E-state index contributed by atoms with van der Waals surface area (Å²) >= 11 is 2.03. The Kier molecular flexibility index (Phi) is 14.3. The molecule has 4 bridgehead atoms. The monoisotopic (exact) mass is 785 g/mol. The van der Waals surface area contributed by atoms with Gasteiger partial charge in [0.15, 0.2) is 37.0 Å². The molecule has 2 aliphatic heterocycles. The van der Waals surface area contributed by atoms with Crippen molar-refractivity contribution >= 4 is 47.5 Å². The Morgan fingerprint density at radius 3 is 1.74 bits per heavy atom. The number of esters is 5. The summed E-state index contributed by atoms with van der Waals surface area (Å²) < 4.78 is 53.1. The summed E-state index contributed by atoms with van der Waals surface area (Å²) in [5.41, 5.74) is 0. The van der Waals surface area contributed by atoms with E-state index in [0.717, 1.165) is 44.3 Å². The molecule has 2 heterocycles. The van der Waals surface area contributed by atoms with E-state index < -0.39 is 97.1 Å². The van der Waals surface area contributed by atoms with E-state index in [4.69, 9.17) is 42.6 Å². The van der Waals surface area contributed by atoms with Gasteiger partial charge in [0, 0.05) is 46.3 Å². The van der Waals surface area contributed by atoms with Gasteiger partial charge in [-0.25, -0.2) is 0 Å². The maximum Gasteiger partial charge on any atom is 0.303 e. The van der Waals surface area contributed by atoms with Crippen LogP contribution < -0.4 is 5.32 Å². The highest BCUT2D eigenvalue weighted by molar-refractivity contribution is 8.00. The third-order valence-corrected chi connectivity index (χ3v) is 12.3. The molecule has 1 amide bonds. The molecule has 17 heteroatoms. The lowest BCUT2D eigenvalue weighted by Gasteiger charge is -2.56. The first-order valence-electron chi connectivity index (χ1n) is 18.8.